The van der Waals surface area contributed by atoms with E-state index in [1.54, 1.807) is 28.9 Å². The zero-order valence-corrected chi connectivity index (χ0v) is 15.9. The van der Waals surface area contributed by atoms with Crippen LogP contribution in [0.3, 0.4) is 0 Å². The molecule has 7 nitrogen and oxygen atoms in total. The van der Waals surface area contributed by atoms with Gasteiger partial charge in [0.1, 0.15) is 6.10 Å². The molecular formula is C19H22N4O3S. The van der Waals surface area contributed by atoms with Gasteiger partial charge < -0.3 is 4.74 Å². The van der Waals surface area contributed by atoms with Crippen molar-refractivity contribution in [2.75, 3.05) is 7.05 Å². The van der Waals surface area contributed by atoms with E-state index < -0.39 is 10.0 Å². The molecule has 1 aliphatic carbocycles. The average Bonchev–Trinajstić information content (AvgIpc) is 3.12. The highest BCUT2D eigenvalue weighted by Crippen LogP contribution is 2.26. The van der Waals surface area contributed by atoms with Gasteiger partial charge in [0, 0.05) is 11.6 Å². The quantitative estimate of drug-likeness (QED) is 0.728. The van der Waals surface area contributed by atoms with Crippen LogP contribution in [0, 0.1) is 0 Å². The highest BCUT2D eigenvalue weighted by molar-refractivity contribution is 7.89. The van der Waals surface area contributed by atoms with Crippen LogP contribution in [0.2, 0.25) is 0 Å². The number of fused-ring (bicyclic) bond motifs is 1. The van der Waals surface area contributed by atoms with Crippen LogP contribution in [-0.2, 0) is 10.0 Å². The SMILES string of the molecule is CNS(=O)(=O)c1cccc(-c2cnc3ccc(OC4CCCCC4)nn23)c1. The predicted molar refractivity (Wildman–Crippen MR) is 102 cm³/mol. The van der Waals surface area contributed by atoms with E-state index in [1.165, 1.54) is 26.3 Å². The van der Waals surface area contributed by atoms with Crippen LogP contribution in [0.15, 0.2) is 47.5 Å². The molecule has 1 aromatic carbocycles. The van der Waals surface area contributed by atoms with Gasteiger partial charge in [-0.25, -0.2) is 22.6 Å². The Morgan fingerprint density at radius 3 is 2.74 bits per heavy atom. The number of hydrogen-bond acceptors (Lipinski definition) is 5. The fourth-order valence-electron chi connectivity index (χ4n) is 3.41. The summed E-state index contributed by atoms with van der Waals surface area (Å²) >= 11 is 0. The van der Waals surface area contributed by atoms with Crippen molar-refractivity contribution in [2.45, 2.75) is 43.1 Å². The van der Waals surface area contributed by atoms with Gasteiger partial charge in [0.15, 0.2) is 5.65 Å². The monoisotopic (exact) mass is 386 g/mol. The number of hydrogen-bond donors (Lipinski definition) is 1. The van der Waals surface area contributed by atoms with Gasteiger partial charge in [0.05, 0.1) is 16.8 Å². The van der Waals surface area contributed by atoms with Crippen molar-refractivity contribution < 1.29 is 13.2 Å². The van der Waals surface area contributed by atoms with Crippen molar-refractivity contribution in [1.29, 1.82) is 0 Å². The Morgan fingerprint density at radius 1 is 1.15 bits per heavy atom. The maximum absolute atomic E-state index is 12.1. The summed E-state index contributed by atoms with van der Waals surface area (Å²) in [6.07, 6.45) is 7.66. The summed E-state index contributed by atoms with van der Waals surface area (Å²) in [5.41, 5.74) is 2.12. The van der Waals surface area contributed by atoms with Crippen LogP contribution in [0.25, 0.3) is 16.9 Å². The van der Waals surface area contributed by atoms with Crippen molar-refractivity contribution in [3.05, 3.63) is 42.6 Å². The number of nitrogens with one attached hydrogen (secondary N) is 1. The lowest BCUT2D eigenvalue weighted by atomic mass is 9.98. The van der Waals surface area contributed by atoms with Gasteiger partial charge in [-0.2, -0.15) is 0 Å². The highest BCUT2D eigenvalue weighted by atomic mass is 32.2. The molecule has 1 fully saturated rings. The van der Waals surface area contributed by atoms with Crippen molar-refractivity contribution >= 4 is 15.7 Å². The molecular weight excluding hydrogens is 364 g/mol. The molecule has 0 saturated heterocycles. The van der Waals surface area contributed by atoms with Crippen LogP contribution in [0.5, 0.6) is 5.88 Å². The van der Waals surface area contributed by atoms with Crippen LogP contribution in [0.4, 0.5) is 0 Å². The van der Waals surface area contributed by atoms with Crippen molar-refractivity contribution in [2.24, 2.45) is 0 Å². The molecule has 2 heterocycles. The van der Waals surface area contributed by atoms with E-state index in [4.69, 9.17) is 4.74 Å². The minimum atomic E-state index is -3.52. The summed E-state index contributed by atoms with van der Waals surface area (Å²) < 4.78 is 34.3. The van der Waals surface area contributed by atoms with Crippen LogP contribution in [-0.4, -0.2) is 36.2 Å². The number of rotatable bonds is 5. The summed E-state index contributed by atoms with van der Waals surface area (Å²) in [5, 5.41) is 4.58. The van der Waals surface area contributed by atoms with Crippen LogP contribution in [0.1, 0.15) is 32.1 Å². The number of imidazole rings is 1. The zero-order valence-electron chi connectivity index (χ0n) is 15.1. The first-order valence-corrected chi connectivity index (χ1v) is 10.6. The summed E-state index contributed by atoms with van der Waals surface area (Å²) in [5.74, 6) is 0.563. The Kier molecular flexibility index (Phi) is 4.84. The fourth-order valence-corrected chi connectivity index (χ4v) is 4.19. The second-order valence-electron chi connectivity index (χ2n) is 6.70. The molecule has 1 saturated carbocycles. The van der Waals surface area contributed by atoms with Crippen molar-refractivity contribution in [3.8, 4) is 17.1 Å². The van der Waals surface area contributed by atoms with E-state index in [1.807, 2.05) is 18.2 Å². The summed E-state index contributed by atoms with van der Waals surface area (Å²) in [6, 6.07) is 10.4. The molecule has 8 heteroatoms. The molecule has 0 bridgehead atoms. The van der Waals surface area contributed by atoms with E-state index in [2.05, 4.69) is 14.8 Å². The second kappa shape index (κ2) is 7.28. The molecule has 4 rings (SSSR count). The first-order chi connectivity index (χ1) is 13.1. The molecule has 142 valence electrons. The largest absolute Gasteiger partial charge is 0.473 e. The number of ether oxygens (including phenoxy) is 1. The molecule has 0 radical (unpaired) electrons. The van der Waals surface area contributed by atoms with Gasteiger partial charge in [-0.3, -0.25) is 0 Å². The lowest BCUT2D eigenvalue weighted by Crippen LogP contribution is -2.20. The van der Waals surface area contributed by atoms with Gasteiger partial charge in [-0.15, -0.1) is 5.10 Å². The lowest BCUT2D eigenvalue weighted by molar-refractivity contribution is 0.147. The maximum atomic E-state index is 12.1. The molecule has 0 aliphatic heterocycles. The van der Waals surface area contributed by atoms with Gasteiger partial charge in [-0.05, 0) is 50.9 Å². The number of aromatic nitrogens is 3. The van der Waals surface area contributed by atoms with Crippen molar-refractivity contribution in [1.82, 2.24) is 19.3 Å². The Bertz CT molecular complexity index is 1060. The molecule has 27 heavy (non-hydrogen) atoms. The minimum Gasteiger partial charge on any atom is -0.473 e. The third kappa shape index (κ3) is 3.68. The van der Waals surface area contributed by atoms with Crippen LogP contribution < -0.4 is 9.46 Å². The molecule has 0 atom stereocenters. The summed E-state index contributed by atoms with van der Waals surface area (Å²) in [6.45, 7) is 0. The lowest BCUT2D eigenvalue weighted by Gasteiger charge is -2.22. The van der Waals surface area contributed by atoms with E-state index in [9.17, 15) is 8.42 Å². The van der Waals surface area contributed by atoms with Gasteiger partial charge >= 0.3 is 0 Å². The van der Waals surface area contributed by atoms with Gasteiger partial charge in [0.25, 0.3) is 0 Å². The van der Waals surface area contributed by atoms with Gasteiger partial charge in [-0.1, -0.05) is 18.6 Å². The topological polar surface area (TPSA) is 85.6 Å². The van der Waals surface area contributed by atoms with E-state index in [0.717, 1.165) is 18.4 Å². The average molecular weight is 386 g/mol. The van der Waals surface area contributed by atoms with Gasteiger partial charge in [0.2, 0.25) is 15.9 Å². The second-order valence-corrected chi connectivity index (χ2v) is 8.58. The minimum absolute atomic E-state index is 0.201. The Balaban J connectivity index is 1.70. The summed E-state index contributed by atoms with van der Waals surface area (Å²) in [7, 11) is -2.12. The van der Waals surface area contributed by atoms with E-state index in [0.29, 0.717) is 17.2 Å². The third-order valence-electron chi connectivity index (χ3n) is 4.89. The molecule has 1 N–H and O–H groups in total. The molecule has 0 amide bonds. The molecule has 2 aromatic heterocycles. The molecule has 0 spiro atoms. The smallest absolute Gasteiger partial charge is 0.240 e. The first-order valence-electron chi connectivity index (χ1n) is 9.12. The molecule has 0 unspecified atom stereocenters. The Labute approximate surface area is 158 Å². The number of sulfonamides is 1. The number of nitrogens with zero attached hydrogens (tertiary/aromatic N) is 3. The van der Waals surface area contributed by atoms with E-state index >= 15 is 0 Å². The Morgan fingerprint density at radius 2 is 1.96 bits per heavy atom. The normalized spacial score (nSPS) is 15.9. The molecule has 1 aliphatic rings. The predicted octanol–water partition coefficient (Wildman–Crippen LogP) is 3.02. The fraction of sp³-hybridized carbons (Fsp3) is 0.368. The number of benzene rings is 1. The van der Waals surface area contributed by atoms with Crippen molar-refractivity contribution in [3.63, 3.8) is 0 Å². The molecule has 3 aromatic rings. The summed E-state index contributed by atoms with van der Waals surface area (Å²) in [4.78, 5) is 4.58. The van der Waals surface area contributed by atoms with E-state index in [-0.39, 0.29) is 11.0 Å². The maximum Gasteiger partial charge on any atom is 0.240 e. The highest BCUT2D eigenvalue weighted by Gasteiger charge is 2.17. The van der Waals surface area contributed by atoms with Crippen LogP contribution >= 0.6 is 0 Å². The first kappa shape index (κ1) is 17.9. The zero-order chi connectivity index (χ0) is 18.9. The Hall–Kier alpha value is -2.45. The standard InChI is InChI=1S/C19H22N4O3S/c1-20-27(24,25)16-9-5-6-14(12-16)17-13-21-18-10-11-19(22-23(17)18)26-15-7-3-2-4-8-15/h5-6,9-13,15,20H,2-4,7-8H2,1H3. The third-order valence-corrected chi connectivity index (χ3v) is 6.30.